The van der Waals surface area contributed by atoms with Crippen molar-refractivity contribution >= 4 is 50.1 Å². The molecule has 2 rings (SSSR count). The quantitative estimate of drug-likeness (QED) is 0.427. The third kappa shape index (κ3) is 3.34. The van der Waals surface area contributed by atoms with Crippen molar-refractivity contribution in [3.05, 3.63) is 42.1 Å². The number of hydrogen-bond donors (Lipinski definition) is 0. The van der Waals surface area contributed by atoms with Crippen LogP contribution >= 0.6 is 50.1 Å². The van der Waals surface area contributed by atoms with Crippen molar-refractivity contribution in [3.63, 3.8) is 0 Å². The Morgan fingerprint density at radius 1 is 1.20 bits per heavy atom. The van der Waals surface area contributed by atoms with Crippen molar-refractivity contribution in [1.82, 2.24) is 9.97 Å². The molecule has 0 bridgehead atoms. The van der Waals surface area contributed by atoms with Crippen molar-refractivity contribution in [2.45, 2.75) is 33.6 Å². The average Bonchev–Trinajstić information content (AvgIpc) is 2.40. The van der Waals surface area contributed by atoms with Crippen LogP contribution in [0, 0.1) is 17.4 Å². The molecule has 0 saturated heterocycles. The van der Waals surface area contributed by atoms with Gasteiger partial charge in [0.25, 0.3) is 0 Å². The zero-order valence-corrected chi connectivity index (χ0v) is 16.1. The van der Waals surface area contributed by atoms with Gasteiger partial charge in [0.05, 0.1) is 9.26 Å². The molecule has 0 radical (unpaired) electrons. The fraction of sp³-hybridized carbons (Fsp3) is 0.333. The summed E-state index contributed by atoms with van der Waals surface area (Å²) in [6, 6.07) is 4.18. The van der Waals surface area contributed by atoms with Gasteiger partial charge in [0.15, 0.2) is 5.82 Å². The lowest BCUT2D eigenvalue weighted by molar-refractivity contribution is 0.867. The predicted molar refractivity (Wildman–Crippen MR) is 96.4 cm³/mol. The van der Waals surface area contributed by atoms with Crippen LogP contribution < -0.4 is 0 Å². The molecule has 0 unspecified atom stereocenters. The predicted octanol–water partition coefficient (Wildman–Crippen LogP) is 5.73. The first-order valence-electron chi connectivity index (χ1n) is 6.43. The molecule has 2 aromatic rings. The number of nitrogens with zero attached hydrogens (tertiary/aromatic N) is 2. The molecule has 0 saturated carbocycles. The zero-order valence-electron chi connectivity index (χ0n) is 11.6. The van der Waals surface area contributed by atoms with Crippen LogP contribution in [-0.4, -0.2) is 9.97 Å². The highest BCUT2D eigenvalue weighted by Gasteiger charge is 2.13. The molecule has 0 aliphatic heterocycles. The molecule has 0 fully saturated rings. The van der Waals surface area contributed by atoms with Crippen LogP contribution in [0.15, 0.2) is 16.6 Å². The number of halogens is 3. The number of aryl methyl sites for hydroxylation is 3. The Kier molecular flexibility index (Phi) is 5.42. The maximum absolute atomic E-state index is 6.25. The SMILES string of the molecule is CCCc1nc(-c2cc(C)c(Br)c(C)c2)nc(Cl)c1I. The molecule has 0 amide bonds. The van der Waals surface area contributed by atoms with Gasteiger partial charge in [-0.3, -0.25) is 0 Å². The van der Waals surface area contributed by atoms with Crippen molar-refractivity contribution in [2.75, 3.05) is 0 Å². The molecule has 1 heterocycles. The van der Waals surface area contributed by atoms with Crippen LogP contribution in [0.25, 0.3) is 11.4 Å². The van der Waals surface area contributed by atoms with Crippen LogP contribution in [0.2, 0.25) is 5.15 Å². The second-order valence-electron chi connectivity index (χ2n) is 4.77. The van der Waals surface area contributed by atoms with Crippen molar-refractivity contribution < 1.29 is 0 Å². The molecule has 1 aromatic carbocycles. The number of aromatic nitrogens is 2. The van der Waals surface area contributed by atoms with E-state index in [1.54, 1.807) is 0 Å². The van der Waals surface area contributed by atoms with E-state index in [0.717, 1.165) is 32.1 Å². The summed E-state index contributed by atoms with van der Waals surface area (Å²) in [5.41, 5.74) is 4.39. The Labute approximate surface area is 146 Å². The minimum absolute atomic E-state index is 0.539. The lowest BCUT2D eigenvalue weighted by Gasteiger charge is -2.10. The van der Waals surface area contributed by atoms with Gasteiger partial charge in [-0.1, -0.05) is 40.9 Å². The summed E-state index contributed by atoms with van der Waals surface area (Å²) >= 11 is 12.0. The van der Waals surface area contributed by atoms with Gasteiger partial charge in [-0.25, -0.2) is 9.97 Å². The molecule has 0 atom stereocenters. The van der Waals surface area contributed by atoms with Gasteiger partial charge >= 0.3 is 0 Å². The summed E-state index contributed by atoms with van der Waals surface area (Å²) < 4.78 is 2.09. The second kappa shape index (κ2) is 6.71. The Hall–Kier alpha value is -0.200. The van der Waals surface area contributed by atoms with Crippen LogP contribution in [0.4, 0.5) is 0 Å². The molecule has 0 aliphatic carbocycles. The van der Waals surface area contributed by atoms with Gasteiger partial charge < -0.3 is 0 Å². The minimum atomic E-state index is 0.539. The van der Waals surface area contributed by atoms with Crippen LogP contribution in [0.5, 0.6) is 0 Å². The molecule has 2 nitrogen and oxygen atoms in total. The van der Waals surface area contributed by atoms with E-state index < -0.39 is 0 Å². The largest absolute Gasteiger partial charge is 0.232 e. The maximum Gasteiger partial charge on any atom is 0.161 e. The summed E-state index contributed by atoms with van der Waals surface area (Å²) in [6.07, 6.45) is 1.96. The van der Waals surface area contributed by atoms with Gasteiger partial charge in [0, 0.05) is 10.0 Å². The highest BCUT2D eigenvalue weighted by molar-refractivity contribution is 14.1. The number of hydrogen-bond acceptors (Lipinski definition) is 2. The van der Waals surface area contributed by atoms with E-state index in [-0.39, 0.29) is 0 Å². The molecular weight excluding hydrogens is 450 g/mol. The first-order chi connectivity index (χ1) is 9.43. The van der Waals surface area contributed by atoms with Gasteiger partial charge in [0.2, 0.25) is 0 Å². The van der Waals surface area contributed by atoms with E-state index in [9.17, 15) is 0 Å². The van der Waals surface area contributed by atoms with Crippen molar-refractivity contribution in [3.8, 4) is 11.4 Å². The van der Waals surface area contributed by atoms with Crippen LogP contribution in [0.3, 0.4) is 0 Å². The summed E-state index contributed by atoms with van der Waals surface area (Å²) in [5.74, 6) is 0.706. The van der Waals surface area contributed by atoms with Crippen LogP contribution in [-0.2, 0) is 6.42 Å². The second-order valence-corrected chi connectivity index (χ2v) is 7.00. The number of benzene rings is 1. The normalized spacial score (nSPS) is 10.9. The number of rotatable bonds is 3. The summed E-state index contributed by atoms with van der Waals surface area (Å²) in [7, 11) is 0. The smallest absolute Gasteiger partial charge is 0.161 e. The lowest BCUT2D eigenvalue weighted by atomic mass is 10.1. The molecule has 0 aliphatic rings. The Balaban J connectivity index is 2.58. The third-order valence-electron chi connectivity index (χ3n) is 3.06. The first kappa shape index (κ1) is 16.2. The topological polar surface area (TPSA) is 25.8 Å². The summed E-state index contributed by atoms with van der Waals surface area (Å²) in [5, 5.41) is 0.539. The Morgan fingerprint density at radius 2 is 1.80 bits per heavy atom. The fourth-order valence-corrected chi connectivity index (χ4v) is 3.00. The van der Waals surface area contributed by atoms with Gasteiger partial charge in [-0.05, 0) is 66.1 Å². The molecule has 20 heavy (non-hydrogen) atoms. The monoisotopic (exact) mass is 464 g/mol. The molecule has 1 aromatic heterocycles. The van der Waals surface area contributed by atoms with Gasteiger partial charge in [-0.2, -0.15) is 0 Å². The lowest BCUT2D eigenvalue weighted by Crippen LogP contribution is -2.01. The molecule has 0 spiro atoms. The van der Waals surface area contributed by atoms with Crippen molar-refractivity contribution in [2.24, 2.45) is 0 Å². The van der Waals surface area contributed by atoms with Crippen LogP contribution in [0.1, 0.15) is 30.2 Å². The Morgan fingerprint density at radius 3 is 2.35 bits per heavy atom. The van der Waals surface area contributed by atoms with E-state index >= 15 is 0 Å². The summed E-state index contributed by atoms with van der Waals surface area (Å²) in [4.78, 5) is 9.12. The minimum Gasteiger partial charge on any atom is -0.232 e. The van der Waals surface area contributed by atoms with E-state index in [1.165, 1.54) is 11.1 Å². The zero-order chi connectivity index (χ0) is 14.9. The van der Waals surface area contributed by atoms with Gasteiger partial charge in [-0.15, -0.1) is 0 Å². The van der Waals surface area contributed by atoms with E-state index in [1.807, 2.05) is 0 Å². The van der Waals surface area contributed by atoms with E-state index in [2.05, 4.69) is 81.4 Å². The van der Waals surface area contributed by atoms with Crippen molar-refractivity contribution in [1.29, 1.82) is 0 Å². The molecule has 0 N–H and O–H groups in total. The highest BCUT2D eigenvalue weighted by atomic mass is 127. The third-order valence-corrected chi connectivity index (χ3v) is 6.04. The average molecular weight is 466 g/mol. The summed E-state index contributed by atoms with van der Waals surface area (Å²) in [6.45, 7) is 6.28. The standard InChI is InChI=1S/C15H15BrClIN2/c1-4-5-11-13(18)14(17)20-15(19-11)10-6-8(2)12(16)9(3)7-10/h6-7H,4-5H2,1-3H3. The fourth-order valence-electron chi connectivity index (χ4n) is 2.07. The molecule has 106 valence electrons. The first-order valence-corrected chi connectivity index (χ1v) is 8.68. The van der Waals surface area contributed by atoms with Gasteiger partial charge in [0.1, 0.15) is 5.15 Å². The maximum atomic E-state index is 6.25. The van der Waals surface area contributed by atoms with E-state index in [4.69, 9.17) is 11.6 Å². The molecular formula is C15H15BrClIN2. The van der Waals surface area contributed by atoms with E-state index in [0.29, 0.717) is 11.0 Å². The highest BCUT2D eigenvalue weighted by Crippen LogP contribution is 2.29. The molecule has 5 heteroatoms. The Bertz CT molecular complexity index is 636.